The van der Waals surface area contributed by atoms with Gasteiger partial charge in [0.05, 0.1) is 13.2 Å². The number of amides is 2. The topological polar surface area (TPSA) is 61.8 Å². The molecule has 20 heavy (non-hydrogen) atoms. The number of benzene rings is 1. The maximum Gasteiger partial charge on any atom is 0.321 e. The van der Waals surface area contributed by atoms with Crippen LogP contribution >= 0.6 is 0 Å². The van der Waals surface area contributed by atoms with Crippen LogP contribution in [-0.4, -0.2) is 35.7 Å². The number of hydrogen-bond acceptors (Lipinski definition) is 3. The second-order valence-corrected chi connectivity index (χ2v) is 5.52. The molecule has 0 saturated carbocycles. The second kappa shape index (κ2) is 5.81. The van der Waals surface area contributed by atoms with Gasteiger partial charge >= 0.3 is 6.03 Å². The van der Waals surface area contributed by atoms with Crippen LogP contribution in [0.5, 0.6) is 0 Å². The van der Waals surface area contributed by atoms with Gasteiger partial charge in [0.1, 0.15) is 0 Å². The highest BCUT2D eigenvalue weighted by Gasteiger charge is 2.22. The van der Waals surface area contributed by atoms with Gasteiger partial charge < -0.3 is 20.1 Å². The fourth-order valence-corrected chi connectivity index (χ4v) is 2.77. The van der Waals surface area contributed by atoms with E-state index in [1.54, 1.807) is 0 Å². The molecule has 2 amide bonds. The Balaban J connectivity index is 1.59. The molecule has 2 aliphatic heterocycles. The summed E-state index contributed by atoms with van der Waals surface area (Å²) in [5.74, 6) is 0.344. The summed E-state index contributed by atoms with van der Waals surface area (Å²) in [6.07, 6.45) is 1.75. The zero-order chi connectivity index (χ0) is 13.9. The Morgan fingerprint density at radius 2 is 2.05 bits per heavy atom. The first kappa shape index (κ1) is 13.4. The van der Waals surface area contributed by atoms with Gasteiger partial charge in [-0.3, -0.25) is 0 Å². The summed E-state index contributed by atoms with van der Waals surface area (Å²) < 4.78 is 5.37. The third-order valence-corrected chi connectivity index (χ3v) is 4.13. The molecule has 5 heteroatoms. The zero-order valence-corrected chi connectivity index (χ0v) is 11.5. The van der Waals surface area contributed by atoms with Crippen LogP contribution in [0.15, 0.2) is 18.2 Å². The lowest BCUT2D eigenvalue weighted by Crippen LogP contribution is -2.41. The summed E-state index contributed by atoms with van der Waals surface area (Å²) in [7, 11) is 0. The van der Waals surface area contributed by atoms with E-state index in [1.165, 1.54) is 5.56 Å². The van der Waals surface area contributed by atoms with Crippen molar-refractivity contribution in [1.29, 1.82) is 0 Å². The maximum absolute atomic E-state index is 12.2. The molecule has 3 rings (SSSR count). The molecule has 2 aliphatic rings. The Morgan fingerprint density at radius 3 is 2.80 bits per heavy atom. The number of ether oxygens (including phenoxy) is 1. The molecule has 2 heterocycles. The summed E-state index contributed by atoms with van der Waals surface area (Å²) in [6.45, 7) is 2.94. The number of aliphatic hydroxyl groups excluding tert-OH is 1. The predicted octanol–water partition coefficient (Wildman–Crippen LogP) is 1.95. The number of piperidine rings is 1. The van der Waals surface area contributed by atoms with Gasteiger partial charge in [-0.2, -0.15) is 0 Å². The van der Waals surface area contributed by atoms with Crippen molar-refractivity contribution in [2.24, 2.45) is 5.92 Å². The van der Waals surface area contributed by atoms with Crippen molar-refractivity contribution in [3.8, 4) is 0 Å². The molecule has 1 saturated heterocycles. The third kappa shape index (κ3) is 2.78. The molecule has 0 spiro atoms. The third-order valence-electron chi connectivity index (χ3n) is 4.13. The minimum absolute atomic E-state index is 0.0553. The van der Waals surface area contributed by atoms with Crippen molar-refractivity contribution in [1.82, 2.24) is 4.90 Å². The highest BCUT2D eigenvalue weighted by Crippen LogP contribution is 2.24. The van der Waals surface area contributed by atoms with E-state index in [2.05, 4.69) is 5.32 Å². The van der Waals surface area contributed by atoms with E-state index in [0.29, 0.717) is 32.2 Å². The van der Waals surface area contributed by atoms with E-state index in [4.69, 9.17) is 9.84 Å². The number of likely N-dealkylation sites (tertiary alicyclic amines) is 1. The van der Waals surface area contributed by atoms with Gasteiger partial charge in [0.15, 0.2) is 0 Å². The Bertz CT molecular complexity index is 496. The Morgan fingerprint density at radius 1 is 1.30 bits per heavy atom. The van der Waals surface area contributed by atoms with E-state index in [1.807, 2.05) is 23.1 Å². The smallest absolute Gasteiger partial charge is 0.321 e. The van der Waals surface area contributed by atoms with Crippen LogP contribution in [-0.2, 0) is 18.0 Å². The number of nitrogens with one attached hydrogen (secondary N) is 1. The molecule has 0 unspecified atom stereocenters. The first-order chi connectivity index (χ1) is 9.76. The van der Waals surface area contributed by atoms with Crippen LogP contribution in [0.1, 0.15) is 24.0 Å². The maximum atomic E-state index is 12.2. The molecule has 0 aromatic heterocycles. The van der Waals surface area contributed by atoms with Crippen LogP contribution in [0.3, 0.4) is 0 Å². The molecule has 0 aliphatic carbocycles. The first-order valence-electron chi connectivity index (χ1n) is 7.12. The Hall–Kier alpha value is -1.59. The highest BCUT2D eigenvalue weighted by atomic mass is 16.5. The van der Waals surface area contributed by atoms with Crippen molar-refractivity contribution in [2.45, 2.75) is 26.1 Å². The van der Waals surface area contributed by atoms with Crippen molar-refractivity contribution >= 4 is 11.7 Å². The van der Waals surface area contributed by atoms with Crippen LogP contribution in [0.2, 0.25) is 0 Å². The van der Waals surface area contributed by atoms with E-state index >= 15 is 0 Å². The molecular weight excluding hydrogens is 256 g/mol. The largest absolute Gasteiger partial charge is 0.396 e. The number of fused-ring (bicyclic) bond motifs is 1. The average molecular weight is 276 g/mol. The molecule has 5 nitrogen and oxygen atoms in total. The highest BCUT2D eigenvalue weighted by molar-refractivity contribution is 5.89. The standard InChI is InChI=1S/C15H20N2O3/c18-8-11-3-5-17(6-4-11)15(19)16-14-2-1-12-9-20-10-13(12)7-14/h1-2,7,11,18H,3-6,8-10H2,(H,16,19). The van der Waals surface area contributed by atoms with Gasteiger partial charge in [0.25, 0.3) is 0 Å². The van der Waals surface area contributed by atoms with Crippen LogP contribution in [0, 0.1) is 5.92 Å². The monoisotopic (exact) mass is 276 g/mol. The quantitative estimate of drug-likeness (QED) is 0.868. The summed E-state index contributed by atoms with van der Waals surface area (Å²) in [5, 5.41) is 12.1. The van der Waals surface area contributed by atoms with Gasteiger partial charge in [0.2, 0.25) is 0 Å². The number of carbonyl (C=O) groups is 1. The Labute approximate surface area is 118 Å². The van der Waals surface area contributed by atoms with Crippen LogP contribution in [0.25, 0.3) is 0 Å². The molecule has 1 aromatic rings. The van der Waals surface area contributed by atoms with Crippen molar-refractivity contribution in [2.75, 3.05) is 25.0 Å². The fourth-order valence-electron chi connectivity index (χ4n) is 2.77. The van der Waals surface area contributed by atoms with Crippen LogP contribution in [0.4, 0.5) is 10.5 Å². The van der Waals surface area contributed by atoms with Gasteiger partial charge in [-0.25, -0.2) is 4.79 Å². The summed E-state index contributed by atoms with van der Waals surface area (Å²) >= 11 is 0. The second-order valence-electron chi connectivity index (χ2n) is 5.52. The molecule has 1 fully saturated rings. The summed E-state index contributed by atoms with van der Waals surface area (Å²) in [5.41, 5.74) is 3.18. The lowest BCUT2D eigenvalue weighted by atomic mass is 9.98. The average Bonchev–Trinajstić information content (AvgIpc) is 2.95. The van der Waals surface area contributed by atoms with Crippen molar-refractivity contribution < 1.29 is 14.6 Å². The van der Waals surface area contributed by atoms with Gasteiger partial charge in [0, 0.05) is 25.4 Å². The number of nitrogens with zero attached hydrogens (tertiary/aromatic N) is 1. The van der Waals surface area contributed by atoms with Crippen molar-refractivity contribution in [3.63, 3.8) is 0 Å². The number of aliphatic hydroxyl groups is 1. The van der Waals surface area contributed by atoms with E-state index in [-0.39, 0.29) is 12.6 Å². The van der Waals surface area contributed by atoms with Crippen molar-refractivity contribution in [3.05, 3.63) is 29.3 Å². The molecule has 0 atom stereocenters. The van der Waals surface area contributed by atoms with E-state index in [0.717, 1.165) is 24.1 Å². The lowest BCUT2D eigenvalue weighted by molar-refractivity contribution is 0.134. The zero-order valence-electron chi connectivity index (χ0n) is 11.5. The van der Waals surface area contributed by atoms with Gasteiger partial charge in [-0.15, -0.1) is 0 Å². The minimum Gasteiger partial charge on any atom is -0.396 e. The van der Waals surface area contributed by atoms with E-state index < -0.39 is 0 Å². The molecule has 0 bridgehead atoms. The van der Waals surface area contributed by atoms with Gasteiger partial charge in [-0.05, 0) is 42.0 Å². The lowest BCUT2D eigenvalue weighted by Gasteiger charge is -2.31. The molecule has 108 valence electrons. The summed E-state index contributed by atoms with van der Waals surface area (Å²) in [4.78, 5) is 14.0. The van der Waals surface area contributed by atoms with Gasteiger partial charge in [-0.1, -0.05) is 6.07 Å². The first-order valence-corrected chi connectivity index (χ1v) is 7.12. The van der Waals surface area contributed by atoms with E-state index in [9.17, 15) is 4.79 Å². The molecule has 0 radical (unpaired) electrons. The number of carbonyl (C=O) groups excluding carboxylic acids is 1. The predicted molar refractivity (Wildman–Crippen MR) is 75.3 cm³/mol. The minimum atomic E-state index is -0.0553. The Kier molecular flexibility index (Phi) is 3.89. The number of rotatable bonds is 2. The summed E-state index contributed by atoms with van der Waals surface area (Å²) in [6, 6.07) is 5.86. The fraction of sp³-hybridized carbons (Fsp3) is 0.533. The normalized spacial score (nSPS) is 18.9. The molecule has 1 aromatic carbocycles. The number of hydrogen-bond donors (Lipinski definition) is 2. The number of anilines is 1. The number of urea groups is 1. The SMILES string of the molecule is O=C(Nc1ccc2c(c1)COC2)N1CCC(CO)CC1. The molecule has 2 N–H and O–H groups in total. The van der Waals surface area contributed by atoms with Crippen LogP contribution < -0.4 is 5.32 Å². The molecular formula is C15H20N2O3.